The minimum absolute atomic E-state index is 0.158. The van der Waals surface area contributed by atoms with Gasteiger partial charge in [-0.15, -0.1) is 0 Å². The number of hydrogen-bond donors (Lipinski definition) is 1. The first-order valence-corrected chi connectivity index (χ1v) is 6.65. The normalized spacial score (nSPS) is 12.6. The Labute approximate surface area is 105 Å². The van der Waals surface area contributed by atoms with Crippen molar-refractivity contribution in [3.63, 3.8) is 0 Å². The van der Waals surface area contributed by atoms with Crippen LogP contribution in [0.4, 0.5) is 4.39 Å². The molecule has 1 atom stereocenters. The Bertz CT molecular complexity index is 453. The van der Waals surface area contributed by atoms with Gasteiger partial charge in [-0.1, -0.05) is 12.1 Å². The predicted octanol–water partition coefficient (Wildman–Crippen LogP) is 3.43. The van der Waals surface area contributed by atoms with Crippen LogP contribution >= 0.6 is 11.3 Å². The van der Waals surface area contributed by atoms with Gasteiger partial charge in [-0.05, 0) is 53.6 Å². The highest BCUT2D eigenvalue weighted by Crippen LogP contribution is 2.22. The van der Waals surface area contributed by atoms with Crippen molar-refractivity contribution < 1.29 is 4.39 Å². The standard InChI is InChI=1S/C14H16FNS/c1-16-9-13(7-11-5-6-17-10-11)12-3-2-4-14(15)8-12/h2-6,8,10,13,16H,7,9H2,1H3. The van der Waals surface area contributed by atoms with Crippen molar-refractivity contribution in [3.05, 3.63) is 58.0 Å². The zero-order chi connectivity index (χ0) is 12.1. The number of halogens is 1. The van der Waals surface area contributed by atoms with Gasteiger partial charge in [0, 0.05) is 12.5 Å². The number of rotatable bonds is 5. The molecule has 1 unspecified atom stereocenters. The van der Waals surface area contributed by atoms with Crippen LogP contribution in [-0.4, -0.2) is 13.6 Å². The van der Waals surface area contributed by atoms with Crippen molar-refractivity contribution in [3.8, 4) is 0 Å². The van der Waals surface area contributed by atoms with E-state index < -0.39 is 0 Å². The van der Waals surface area contributed by atoms with E-state index in [0.717, 1.165) is 18.5 Å². The maximum atomic E-state index is 13.2. The third-order valence-electron chi connectivity index (χ3n) is 2.83. The van der Waals surface area contributed by atoms with Crippen LogP contribution in [0.5, 0.6) is 0 Å². The van der Waals surface area contributed by atoms with E-state index in [1.54, 1.807) is 23.5 Å². The first kappa shape index (κ1) is 12.3. The smallest absolute Gasteiger partial charge is 0.123 e. The summed E-state index contributed by atoms with van der Waals surface area (Å²) >= 11 is 1.70. The van der Waals surface area contributed by atoms with Crippen LogP contribution in [0.2, 0.25) is 0 Å². The van der Waals surface area contributed by atoms with Crippen molar-refractivity contribution in [1.29, 1.82) is 0 Å². The maximum Gasteiger partial charge on any atom is 0.123 e. The molecule has 0 aliphatic carbocycles. The van der Waals surface area contributed by atoms with Gasteiger partial charge >= 0.3 is 0 Å². The second-order valence-corrected chi connectivity index (χ2v) is 4.93. The number of likely N-dealkylation sites (N-methyl/N-ethyl adjacent to an activating group) is 1. The molecule has 3 heteroatoms. The highest BCUT2D eigenvalue weighted by atomic mass is 32.1. The van der Waals surface area contributed by atoms with E-state index in [0.29, 0.717) is 5.92 Å². The highest BCUT2D eigenvalue weighted by Gasteiger charge is 2.12. The average Bonchev–Trinajstić information content (AvgIpc) is 2.81. The molecule has 17 heavy (non-hydrogen) atoms. The summed E-state index contributed by atoms with van der Waals surface area (Å²) in [4.78, 5) is 0. The van der Waals surface area contributed by atoms with Crippen LogP contribution in [0.15, 0.2) is 41.1 Å². The zero-order valence-electron chi connectivity index (χ0n) is 9.82. The fourth-order valence-corrected chi connectivity index (χ4v) is 2.69. The molecule has 0 bridgehead atoms. The second-order valence-electron chi connectivity index (χ2n) is 4.15. The number of benzene rings is 1. The Balaban J connectivity index is 2.16. The number of hydrogen-bond acceptors (Lipinski definition) is 2. The quantitative estimate of drug-likeness (QED) is 0.856. The topological polar surface area (TPSA) is 12.0 Å². The highest BCUT2D eigenvalue weighted by molar-refractivity contribution is 7.07. The Morgan fingerprint density at radius 1 is 1.35 bits per heavy atom. The molecule has 0 amide bonds. The number of nitrogens with one attached hydrogen (secondary N) is 1. The van der Waals surface area contributed by atoms with Gasteiger partial charge in [0.1, 0.15) is 5.82 Å². The van der Waals surface area contributed by atoms with Crippen LogP contribution < -0.4 is 5.32 Å². The summed E-state index contributed by atoms with van der Waals surface area (Å²) in [7, 11) is 1.93. The lowest BCUT2D eigenvalue weighted by Gasteiger charge is -2.16. The summed E-state index contributed by atoms with van der Waals surface area (Å²) in [6, 6.07) is 9.03. The van der Waals surface area contributed by atoms with Crippen LogP contribution in [0.25, 0.3) is 0 Å². The summed E-state index contributed by atoms with van der Waals surface area (Å²) in [5.41, 5.74) is 2.38. The fourth-order valence-electron chi connectivity index (χ4n) is 2.01. The van der Waals surface area contributed by atoms with Crippen LogP contribution in [0.3, 0.4) is 0 Å². The molecule has 0 radical (unpaired) electrons. The summed E-state index contributed by atoms with van der Waals surface area (Å²) in [5.74, 6) is 0.166. The van der Waals surface area contributed by atoms with Crippen molar-refractivity contribution >= 4 is 11.3 Å². The largest absolute Gasteiger partial charge is 0.319 e. The van der Waals surface area contributed by atoms with Crippen LogP contribution in [0.1, 0.15) is 17.0 Å². The van der Waals surface area contributed by atoms with Gasteiger partial charge in [-0.25, -0.2) is 4.39 Å². The molecule has 1 N–H and O–H groups in total. The minimum Gasteiger partial charge on any atom is -0.319 e. The van der Waals surface area contributed by atoms with Gasteiger partial charge in [0.25, 0.3) is 0 Å². The summed E-state index contributed by atoms with van der Waals surface area (Å²) in [5, 5.41) is 7.41. The molecular weight excluding hydrogens is 233 g/mol. The SMILES string of the molecule is CNCC(Cc1ccsc1)c1cccc(F)c1. The van der Waals surface area contributed by atoms with Gasteiger partial charge in [0.15, 0.2) is 0 Å². The van der Waals surface area contributed by atoms with Crippen molar-refractivity contribution in [1.82, 2.24) is 5.32 Å². The first-order chi connectivity index (χ1) is 8.29. The molecular formula is C14H16FNS. The first-order valence-electron chi connectivity index (χ1n) is 5.70. The predicted molar refractivity (Wildman–Crippen MR) is 71.1 cm³/mol. The van der Waals surface area contributed by atoms with Gasteiger partial charge in [0.05, 0.1) is 0 Å². The maximum absolute atomic E-state index is 13.2. The Kier molecular flexibility index (Phi) is 4.29. The van der Waals surface area contributed by atoms with E-state index in [1.807, 2.05) is 13.1 Å². The molecule has 0 saturated carbocycles. The molecule has 0 saturated heterocycles. The summed E-state index contributed by atoms with van der Waals surface area (Å²) < 4.78 is 13.2. The molecule has 1 nitrogen and oxygen atoms in total. The molecule has 0 aliphatic heterocycles. The summed E-state index contributed by atoms with van der Waals surface area (Å²) in [6.07, 6.45) is 0.952. The van der Waals surface area contributed by atoms with E-state index in [4.69, 9.17) is 0 Å². The van der Waals surface area contributed by atoms with Gasteiger partial charge in [-0.3, -0.25) is 0 Å². The molecule has 1 heterocycles. The minimum atomic E-state index is -0.158. The molecule has 2 rings (SSSR count). The van der Waals surface area contributed by atoms with E-state index >= 15 is 0 Å². The third kappa shape index (κ3) is 3.38. The third-order valence-corrected chi connectivity index (χ3v) is 3.56. The van der Waals surface area contributed by atoms with E-state index in [1.165, 1.54) is 11.6 Å². The molecule has 0 aliphatic rings. The van der Waals surface area contributed by atoms with E-state index in [2.05, 4.69) is 22.1 Å². The van der Waals surface area contributed by atoms with Gasteiger partial charge in [0.2, 0.25) is 0 Å². The van der Waals surface area contributed by atoms with Crippen LogP contribution in [-0.2, 0) is 6.42 Å². The Morgan fingerprint density at radius 2 is 2.24 bits per heavy atom. The van der Waals surface area contributed by atoms with Crippen molar-refractivity contribution in [2.75, 3.05) is 13.6 Å². The lowest BCUT2D eigenvalue weighted by molar-refractivity contribution is 0.601. The average molecular weight is 249 g/mol. The Hall–Kier alpha value is -1.19. The fraction of sp³-hybridized carbons (Fsp3) is 0.286. The lowest BCUT2D eigenvalue weighted by atomic mass is 9.93. The van der Waals surface area contributed by atoms with Crippen LogP contribution in [0, 0.1) is 5.82 Å². The molecule has 90 valence electrons. The molecule has 1 aromatic carbocycles. The molecule has 0 fully saturated rings. The second kappa shape index (κ2) is 5.94. The molecule has 2 aromatic rings. The van der Waals surface area contributed by atoms with Crippen molar-refractivity contribution in [2.24, 2.45) is 0 Å². The van der Waals surface area contributed by atoms with E-state index in [-0.39, 0.29) is 5.82 Å². The Morgan fingerprint density at radius 3 is 2.88 bits per heavy atom. The monoisotopic (exact) mass is 249 g/mol. The molecule has 0 spiro atoms. The lowest BCUT2D eigenvalue weighted by Crippen LogP contribution is -2.19. The van der Waals surface area contributed by atoms with E-state index in [9.17, 15) is 4.39 Å². The zero-order valence-corrected chi connectivity index (χ0v) is 10.6. The molecule has 1 aromatic heterocycles. The van der Waals surface area contributed by atoms with Crippen molar-refractivity contribution in [2.45, 2.75) is 12.3 Å². The van der Waals surface area contributed by atoms with Gasteiger partial charge in [-0.2, -0.15) is 11.3 Å². The summed E-state index contributed by atoms with van der Waals surface area (Å²) in [6.45, 7) is 0.860. The number of thiophene rings is 1. The van der Waals surface area contributed by atoms with Gasteiger partial charge < -0.3 is 5.32 Å².